The van der Waals surface area contributed by atoms with Crippen molar-refractivity contribution in [2.24, 2.45) is 5.92 Å². The molecule has 60 heavy (non-hydrogen) atoms. The number of phenols is 1. The first-order valence-corrected chi connectivity index (χ1v) is 20.9. The van der Waals surface area contributed by atoms with Crippen molar-refractivity contribution >= 4 is 11.0 Å². The maximum atomic E-state index is 12.2. The number of para-hydroxylation sites is 1. The van der Waals surface area contributed by atoms with Gasteiger partial charge < -0.3 is 5.11 Å². The van der Waals surface area contributed by atoms with Crippen molar-refractivity contribution in [1.82, 2.24) is 14.5 Å². The first-order valence-electron chi connectivity index (χ1n) is 24.9. The predicted molar refractivity (Wildman–Crippen MR) is 253 cm³/mol. The van der Waals surface area contributed by atoms with E-state index in [4.69, 9.17) is 14.6 Å². The van der Waals surface area contributed by atoms with Crippen molar-refractivity contribution in [3.63, 3.8) is 0 Å². The highest BCUT2D eigenvalue weighted by Gasteiger charge is 2.25. The molecule has 0 aliphatic heterocycles. The molecule has 0 unspecified atom stereocenters. The number of benzene rings is 6. The van der Waals surface area contributed by atoms with Crippen LogP contribution in [0.2, 0.25) is 0 Å². The normalized spacial score (nSPS) is 13.9. The van der Waals surface area contributed by atoms with Gasteiger partial charge in [-0.3, -0.25) is 9.55 Å². The summed E-state index contributed by atoms with van der Waals surface area (Å²) in [6.45, 7) is 19.1. The van der Waals surface area contributed by atoms with E-state index in [0.717, 1.165) is 56.6 Å². The van der Waals surface area contributed by atoms with E-state index in [1.165, 1.54) is 5.56 Å². The number of rotatable bonds is 10. The number of imidazole rings is 1. The molecule has 0 aliphatic rings. The van der Waals surface area contributed by atoms with Crippen molar-refractivity contribution in [3.05, 3.63) is 168 Å². The molecular weight excluding hydrogens is 731 g/mol. The Labute approximate surface area is 367 Å². The zero-order chi connectivity index (χ0) is 49.3. The topological polar surface area (TPSA) is 50.9 Å². The number of hydrogen-bond acceptors (Lipinski definition) is 3. The highest BCUT2D eigenvalue weighted by atomic mass is 16.3. The molecule has 0 saturated carbocycles. The minimum atomic E-state index is -0.596. The average molecular weight is 796 g/mol. The molecule has 0 radical (unpaired) electrons. The van der Waals surface area contributed by atoms with Crippen LogP contribution < -0.4 is 0 Å². The minimum Gasteiger partial charge on any atom is -0.507 e. The number of hydrogen-bond donors (Lipinski definition) is 1. The summed E-state index contributed by atoms with van der Waals surface area (Å²) in [7, 11) is 0. The van der Waals surface area contributed by atoms with Crippen molar-refractivity contribution in [3.8, 4) is 67.5 Å². The van der Waals surface area contributed by atoms with Gasteiger partial charge in [0.05, 0.1) is 33.3 Å². The monoisotopic (exact) mass is 796 g/mol. The van der Waals surface area contributed by atoms with Gasteiger partial charge in [-0.05, 0) is 128 Å². The van der Waals surface area contributed by atoms with Gasteiger partial charge in [0.25, 0.3) is 0 Å². The third kappa shape index (κ3) is 8.04. The maximum absolute atomic E-state index is 12.2. The van der Waals surface area contributed by atoms with E-state index in [0.29, 0.717) is 28.4 Å². The lowest BCUT2D eigenvalue weighted by atomic mass is 9.83. The average Bonchev–Trinajstić information content (AvgIpc) is 3.69. The van der Waals surface area contributed by atoms with E-state index in [1.54, 1.807) is 0 Å². The summed E-state index contributed by atoms with van der Waals surface area (Å²) < 4.78 is 71.6. The first kappa shape index (κ1) is 31.6. The van der Waals surface area contributed by atoms with Crippen LogP contribution in [0.4, 0.5) is 0 Å². The largest absolute Gasteiger partial charge is 0.507 e. The van der Waals surface area contributed by atoms with Crippen LogP contribution in [0.25, 0.3) is 72.7 Å². The molecule has 302 valence electrons. The Kier molecular flexibility index (Phi) is 8.65. The van der Waals surface area contributed by atoms with Crippen LogP contribution in [0.15, 0.2) is 146 Å². The number of pyridine rings is 1. The second-order valence-corrected chi connectivity index (χ2v) is 17.8. The lowest BCUT2D eigenvalue weighted by Crippen LogP contribution is -2.11. The van der Waals surface area contributed by atoms with Crippen LogP contribution in [-0.2, 0) is 11.8 Å². The summed E-state index contributed by atoms with van der Waals surface area (Å²) in [6.07, 6.45) is 0.343. The fourth-order valence-electron chi connectivity index (χ4n) is 7.93. The van der Waals surface area contributed by atoms with Gasteiger partial charge >= 0.3 is 0 Å². The van der Waals surface area contributed by atoms with Crippen molar-refractivity contribution in [2.45, 2.75) is 86.0 Å². The van der Waals surface area contributed by atoms with E-state index in [1.807, 2.05) is 36.4 Å². The Morgan fingerprint density at radius 3 is 2.12 bits per heavy atom. The second-order valence-electron chi connectivity index (χ2n) is 17.8. The summed E-state index contributed by atoms with van der Waals surface area (Å²) in [4.78, 5) is 9.98. The Hall–Kier alpha value is -6.26. The Bertz CT molecular complexity index is 3250. The molecular formula is C56H57N3O. The van der Waals surface area contributed by atoms with E-state index in [-0.39, 0.29) is 40.4 Å². The van der Waals surface area contributed by atoms with Crippen LogP contribution in [0.1, 0.15) is 107 Å². The molecule has 2 aromatic heterocycles. The molecule has 1 N–H and O–H groups in total. The quantitative estimate of drug-likeness (QED) is 0.150. The fraction of sp³-hybridized carbons (Fsp3) is 0.250. The molecule has 8 rings (SSSR count). The zero-order valence-corrected chi connectivity index (χ0v) is 36.0. The maximum Gasteiger partial charge on any atom is 0.149 e. The molecule has 0 saturated heterocycles. The molecule has 0 fully saturated rings. The smallest absolute Gasteiger partial charge is 0.149 e. The molecule has 0 spiro atoms. The van der Waals surface area contributed by atoms with Gasteiger partial charge in [0, 0.05) is 23.0 Å². The lowest BCUT2D eigenvalue weighted by Gasteiger charge is -2.22. The van der Waals surface area contributed by atoms with E-state index < -0.39 is 47.8 Å². The Morgan fingerprint density at radius 1 is 0.667 bits per heavy atom. The number of aromatic hydroxyl groups is 1. The summed E-state index contributed by atoms with van der Waals surface area (Å²) in [5, 5.41) is 12.2. The summed E-state index contributed by atoms with van der Waals surface area (Å²) in [5.74, 6) is 1.33. The van der Waals surface area contributed by atoms with Gasteiger partial charge in [0.2, 0.25) is 0 Å². The standard InChI is InChI=1S/C56H57N3O/c1-35(2)27-42-31-46(23-24-47(42)39-19-14-11-15-20-39)59-52-22-16-21-48(53(52)58-55(59)50-33-41(36(3)4)32-49(37(5)6)54(50)60)43-28-44(30-45(29-43)56(7,8)9)51-34-40(25-26-57-51)38-17-12-10-13-18-38/h10-26,28-37,60H,27H2,1-9H3/i10D,12D,13D,17D,18D,25D,26D,34D. The molecule has 4 heteroatoms. The summed E-state index contributed by atoms with van der Waals surface area (Å²) in [6, 6.07) is 29.2. The highest BCUT2D eigenvalue weighted by molar-refractivity contribution is 5.97. The Balaban J connectivity index is 1.44. The third-order valence-electron chi connectivity index (χ3n) is 11.2. The number of nitrogens with zero attached hydrogens (tertiary/aromatic N) is 3. The molecule has 8 aromatic rings. The molecule has 0 atom stereocenters. The zero-order valence-electron chi connectivity index (χ0n) is 44.0. The molecule has 2 heterocycles. The molecule has 6 aromatic carbocycles. The van der Waals surface area contributed by atoms with Crippen molar-refractivity contribution in [1.29, 1.82) is 0 Å². The van der Waals surface area contributed by atoms with Gasteiger partial charge in [-0.2, -0.15) is 0 Å². The van der Waals surface area contributed by atoms with E-state index >= 15 is 0 Å². The van der Waals surface area contributed by atoms with Crippen LogP contribution in [0.5, 0.6) is 5.75 Å². The molecule has 0 amide bonds. The molecule has 4 nitrogen and oxygen atoms in total. The van der Waals surface area contributed by atoms with E-state index in [2.05, 4.69) is 133 Å². The molecule has 0 bridgehead atoms. The van der Waals surface area contributed by atoms with Gasteiger partial charge in [-0.15, -0.1) is 0 Å². The third-order valence-corrected chi connectivity index (χ3v) is 11.2. The van der Waals surface area contributed by atoms with E-state index in [9.17, 15) is 6.48 Å². The van der Waals surface area contributed by atoms with Gasteiger partial charge in [-0.1, -0.05) is 153 Å². The number of phenolic OH excluding ortho intramolecular Hbond substituents is 1. The highest BCUT2D eigenvalue weighted by Crippen LogP contribution is 2.44. The van der Waals surface area contributed by atoms with Gasteiger partial charge in [0.15, 0.2) is 0 Å². The van der Waals surface area contributed by atoms with Crippen LogP contribution in [-0.4, -0.2) is 19.6 Å². The molecule has 0 aliphatic carbocycles. The van der Waals surface area contributed by atoms with Crippen molar-refractivity contribution < 1.29 is 16.1 Å². The predicted octanol–water partition coefficient (Wildman–Crippen LogP) is 15.2. The lowest BCUT2D eigenvalue weighted by molar-refractivity contribution is 0.466. The number of aromatic nitrogens is 3. The summed E-state index contributed by atoms with van der Waals surface area (Å²) >= 11 is 0. The van der Waals surface area contributed by atoms with Gasteiger partial charge in [-0.25, -0.2) is 4.98 Å². The van der Waals surface area contributed by atoms with Crippen LogP contribution in [0.3, 0.4) is 0 Å². The minimum absolute atomic E-state index is 0.0337. The Morgan fingerprint density at radius 2 is 1.42 bits per heavy atom. The van der Waals surface area contributed by atoms with Gasteiger partial charge in [0.1, 0.15) is 11.6 Å². The second kappa shape index (κ2) is 16.4. The SMILES string of the molecule is [2H]c1nc(-c2cc(-c3cccc4c3nc(-c3cc(C(C)C)cc(C(C)C)c3O)n4-c3ccc(-c4ccccc4)c(CC(C)C)c3)cc(C(C)(C)C)c2)c([2H])c(-c2c([2H])c([2H])c([2H])c([2H])c2[2H])c1[2H]. The first-order chi connectivity index (χ1) is 32.1. The van der Waals surface area contributed by atoms with Crippen LogP contribution in [0, 0.1) is 5.92 Å². The van der Waals surface area contributed by atoms with Crippen LogP contribution >= 0.6 is 0 Å². The van der Waals surface area contributed by atoms with Crippen molar-refractivity contribution in [2.75, 3.05) is 0 Å². The fourth-order valence-corrected chi connectivity index (χ4v) is 7.93. The number of fused-ring (bicyclic) bond motifs is 1. The summed E-state index contributed by atoms with van der Waals surface area (Å²) in [5.41, 5.74) is 10.2.